The molecule has 2 fully saturated rings. The number of carbonyl (C=O) groups is 2. The maximum Gasteiger partial charge on any atom is 0.312 e. The van der Waals surface area contributed by atoms with E-state index in [1.165, 1.54) is 28.0 Å². The predicted molar refractivity (Wildman–Crippen MR) is 117 cm³/mol. The van der Waals surface area contributed by atoms with Gasteiger partial charge in [0.05, 0.1) is 12.0 Å². The maximum absolute atomic E-state index is 13.0. The van der Waals surface area contributed by atoms with Gasteiger partial charge in [0.15, 0.2) is 5.78 Å². The first-order valence-corrected chi connectivity index (χ1v) is 11.3. The van der Waals surface area contributed by atoms with Gasteiger partial charge in [-0.15, -0.1) is 0 Å². The van der Waals surface area contributed by atoms with Crippen molar-refractivity contribution >= 4 is 17.4 Å². The van der Waals surface area contributed by atoms with E-state index in [9.17, 15) is 9.59 Å². The van der Waals surface area contributed by atoms with E-state index in [2.05, 4.69) is 50.2 Å². The number of allylic oxidation sites excluding steroid dienone is 4. The summed E-state index contributed by atoms with van der Waals surface area (Å²) in [6.07, 6.45) is 7.13. The number of hydrogen-bond donors (Lipinski definition) is 0. The van der Waals surface area contributed by atoms with E-state index < -0.39 is 5.41 Å². The van der Waals surface area contributed by atoms with E-state index in [1.807, 2.05) is 6.08 Å². The smallest absolute Gasteiger partial charge is 0.312 e. The van der Waals surface area contributed by atoms with Gasteiger partial charge in [0.1, 0.15) is 0 Å². The van der Waals surface area contributed by atoms with Crippen LogP contribution in [0.25, 0.3) is 0 Å². The lowest BCUT2D eigenvalue weighted by Gasteiger charge is -2.53. The highest BCUT2D eigenvalue weighted by Gasteiger charge is 2.56. The monoisotopic (exact) mass is 405 g/mol. The van der Waals surface area contributed by atoms with Crippen LogP contribution in [0.4, 0.5) is 5.69 Å². The van der Waals surface area contributed by atoms with Crippen LogP contribution in [-0.2, 0) is 14.3 Å². The number of cyclic esters (lactones) is 1. The molecule has 5 rings (SSSR count). The lowest BCUT2D eigenvalue weighted by molar-refractivity contribution is -0.172. The molecule has 4 nitrogen and oxygen atoms in total. The Bertz CT molecular complexity index is 955. The largest absolute Gasteiger partial charge is 0.465 e. The van der Waals surface area contributed by atoms with E-state index in [4.69, 9.17) is 4.74 Å². The molecule has 0 bridgehead atoms. The second kappa shape index (κ2) is 7.11. The summed E-state index contributed by atoms with van der Waals surface area (Å²) in [6.45, 7) is 2.68. The Labute approximate surface area is 179 Å². The van der Waals surface area contributed by atoms with E-state index in [1.54, 1.807) is 0 Å². The number of ketones is 1. The zero-order valence-electron chi connectivity index (χ0n) is 18.2. The van der Waals surface area contributed by atoms with Crippen LogP contribution in [0, 0.1) is 17.3 Å². The molecule has 1 aliphatic heterocycles. The first-order valence-electron chi connectivity index (χ1n) is 11.3. The van der Waals surface area contributed by atoms with Crippen molar-refractivity contribution in [3.8, 4) is 0 Å². The van der Waals surface area contributed by atoms with E-state index >= 15 is 0 Å². The second-order valence-corrected chi connectivity index (χ2v) is 9.91. The Balaban J connectivity index is 1.65. The van der Waals surface area contributed by atoms with Crippen LogP contribution < -0.4 is 4.90 Å². The number of carbonyl (C=O) groups excluding carboxylic acids is 2. The van der Waals surface area contributed by atoms with Gasteiger partial charge in [-0.1, -0.05) is 17.7 Å². The van der Waals surface area contributed by atoms with Gasteiger partial charge in [0, 0.05) is 32.1 Å². The summed E-state index contributed by atoms with van der Waals surface area (Å²) in [5.74, 6) is 1.22. The summed E-state index contributed by atoms with van der Waals surface area (Å²) < 4.78 is 5.57. The Morgan fingerprint density at radius 3 is 2.53 bits per heavy atom. The van der Waals surface area contributed by atoms with Gasteiger partial charge in [0.25, 0.3) is 0 Å². The van der Waals surface area contributed by atoms with Crippen molar-refractivity contribution in [2.45, 2.75) is 51.4 Å². The van der Waals surface area contributed by atoms with E-state index in [-0.39, 0.29) is 17.7 Å². The molecule has 4 atom stereocenters. The van der Waals surface area contributed by atoms with Crippen molar-refractivity contribution in [1.82, 2.24) is 0 Å². The van der Waals surface area contributed by atoms with Gasteiger partial charge in [0.2, 0.25) is 0 Å². The van der Waals surface area contributed by atoms with Gasteiger partial charge in [-0.3, -0.25) is 9.59 Å². The van der Waals surface area contributed by atoms with E-state index in [0.717, 1.165) is 32.1 Å². The van der Waals surface area contributed by atoms with Crippen molar-refractivity contribution in [2.75, 3.05) is 25.6 Å². The Hall–Kier alpha value is -2.36. The summed E-state index contributed by atoms with van der Waals surface area (Å²) in [5.41, 5.74) is 6.24. The zero-order chi connectivity index (χ0) is 21.0. The molecular formula is C26H31NO3. The number of fused-ring (bicyclic) bond motifs is 4. The zero-order valence-corrected chi connectivity index (χ0v) is 18.2. The topological polar surface area (TPSA) is 46.6 Å². The molecule has 0 spiro atoms. The molecule has 4 heteroatoms. The molecule has 158 valence electrons. The summed E-state index contributed by atoms with van der Waals surface area (Å²) in [6, 6.07) is 8.81. The minimum atomic E-state index is -0.427. The first kappa shape index (κ1) is 19.6. The number of benzene rings is 1. The molecule has 0 aromatic heterocycles. The number of esters is 1. The highest BCUT2D eigenvalue weighted by atomic mass is 16.5. The lowest BCUT2D eigenvalue weighted by atomic mass is 9.51. The second-order valence-electron chi connectivity index (χ2n) is 9.91. The van der Waals surface area contributed by atoms with Crippen LogP contribution >= 0.6 is 0 Å². The van der Waals surface area contributed by atoms with Crippen molar-refractivity contribution in [1.29, 1.82) is 0 Å². The number of ether oxygens (including phenoxy) is 1. The molecule has 0 radical (unpaired) electrons. The Morgan fingerprint density at radius 2 is 1.80 bits per heavy atom. The molecule has 4 unspecified atom stereocenters. The third-order valence-electron chi connectivity index (χ3n) is 8.06. The molecule has 1 saturated carbocycles. The quantitative estimate of drug-likeness (QED) is 0.663. The Kier molecular flexibility index (Phi) is 4.64. The molecule has 0 amide bonds. The summed E-state index contributed by atoms with van der Waals surface area (Å²) >= 11 is 0. The number of anilines is 1. The molecule has 1 aromatic rings. The molecule has 30 heavy (non-hydrogen) atoms. The minimum Gasteiger partial charge on any atom is -0.465 e. The SMILES string of the molecule is CN(C)c1ccc(C2CC3(C)C(=O)OCCC3C3CCC4=CC(=O)CCC4=C23)cc1. The Morgan fingerprint density at radius 1 is 1.03 bits per heavy atom. The molecule has 1 saturated heterocycles. The predicted octanol–water partition coefficient (Wildman–Crippen LogP) is 4.81. The van der Waals surface area contributed by atoms with Crippen LogP contribution in [0.5, 0.6) is 0 Å². The van der Waals surface area contributed by atoms with Gasteiger partial charge in [-0.25, -0.2) is 0 Å². The van der Waals surface area contributed by atoms with Crippen molar-refractivity contribution < 1.29 is 14.3 Å². The fourth-order valence-corrected chi connectivity index (χ4v) is 6.52. The third kappa shape index (κ3) is 2.95. The van der Waals surface area contributed by atoms with Gasteiger partial charge in [-0.2, -0.15) is 0 Å². The first-order chi connectivity index (χ1) is 14.4. The van der Waals surface area contributed by atoms with Crippen molar-refractivity contribution in [3.63, 3.8) is 0 Å². The average Bonchev–Trinajstić information content (AvgIpc) is 2.73. The maximum atomic E-state index is 13.0. The van der Waals surface area contributed by atoms with Crippen LogP contribution in [-0.4, -0.2) is 32.5 Å². The van der Waals surface area contributed by atoms with Gasteiger partial charge < -0.3 is 9.64 Å². The molecule has 3 aliphatic carbocycles. The number of rotatable bonds is 2. The standard InChI is InChI=1S/C26H31NO3/c1-26-15-22(16-4-7-18(8-5-16)27(2)3)24-20-11-9-19(28)14-17(20)6-10-21(24)23(26)12-13-30-25(26)29/h4-5,7-8,14,21-23H,6,9-13,15H2,1-3H3. The summed E-state index contributed by atoms with van der Waals surface area (Å²) in [5, 5.41) is 0. The van der Waals surface area contributed by atoms with Crippen LogP contribution in [0.1, 0.15) is 56.9 Å². The third-order valence-corrected chi connectivity index (χ3v) is 8.06. The van der Waals surface area contributed by atoms with Crippen molar-refractivity contribution in [2.24, 2.45) is 17.3 Å². The average molecular weight is 406 g/mol. The molecular weight excluding hydrogens is 374 g/mol. The fraction of sp³-hybridized carbons (Fsp3) is 0.538. The van der Waals surface area contributed by atoms with E-state index in [0.29, 0.717) is 24.9 Å². The van der Waals surface area contributed by atoms with Crippen LogP contribution in [0.2, 0.25) is 0 Å². The van der Waals surface area contributed by atoms with Crippen LogP contribution in [0.3, 0.4) is 0 Å². The van der Waals surface area contributed by atoms with Crippen molar-refractivity contribution in [3.05, 3.63) is 52.6 Å². The summed E-state index contributed by atoms with van der Waals surface area (Å²) in [7, 11) is 4.11. The highest BCUT2D eigenvalue weighted by Crippen LogP contribution is 2.60. The van der Waals surface area contributed by atoms with Crippen LogP contribution in [0.15, 0.2) is 47.1 Å². The number of nitrogens with zero attached hydrogens (tertiary/aromatic N) is 1. The highest BCUT2D eigenvalue weighted by molar-refractivity contribution is 5.93. The minimum absolute atomic E-state index is 0.0159. The number of hydrogen-bond acceptors (Lipinski definition) is 4. The molecule has 1 aromatic carbocycles. The van der Waals surface area contributed by atoms with Gasteiger partial charge in [-0.05, 0) is 85.8 Å². The lowest BCUT2D eigenvalue weighted by Crippen LogP contribution is -2.51. The molecule has 4 aliphatic rings. The van der Waals surface area contributed by atoms with Gasteiger partial charge >= 0.3 is 5.97 Å². The normalized spacial score (nSPS) is 33.2. The molecule has 0 N–H and O–H groups in total. The fourth-order valence-electron chi connectivity index (χ4n) is 6.52. The molecule has 1 heterocycles. The summed E-state index contributed by atoms with van der Waals surface area (Å²) in [4.78, 5) is 27.2.